The number of nitrogens with zero attached hydrogens (tertiary/aromatic N) is 1. The average molecular weight is 357 g/mol. The summed E-state index contributed by atoms with van der Waals surface area (Å²) in [6.45, 7) is -6.59. The van der Waals surface area contributed by atoms with Crippen molar-refractivity contribution < 1.29 is 25.4 Å². The second kappa shape index (κ2) is 5.98. The second-order valence-electron chi connectivity index (χ2n) is 6.48. The number of rotatable bonds is 2. The van der Waals surface area contributed by atoms with Gasteiger partial charge in [0.25, 0.3) is 0 Å². The zero-order chi connectivity index (χ0) is 28.7. The largest absolute Gasteiger partial charge is 0.456 e. The van der Waals surface area contributed by atoms with E-state index in [4.69, 9.17) is 20.9 Å². The first-order valence-corrected chi connectivity index (χ1v) is 8.20. The Labute approximate surface area is 171 Å². The second-order valence-corrected chi connectivity index (χ2v) is 6.48. The summed E-state index contributed by atoms with van der Waals surface area (Å²) in [6, 6.07) is 8.14. The lowest BCUT2D eigenvalue weighted by molar-refractivity contribution is -0.660. The van der Waals surface area contributed by atoms with Crippen molar-refractivity contribution >= 4 is 21.9 Å². The van der Waals surface area contributed by atoms with Gasteiger partial charge in [0, 0.05) is 41.6 Å². The van der Waals surface area contributed by atoms with E-state index in [0.717, 1.165) is 15.5 Å². The lowest BCUT2D eigenvalue weighted by atomic mass is 9.94. The van der Waals surface area contributed by atoms with Gasteiger partial charge in [0.15, 0.2) is 6.17 Å². The van der Waals surface area contributed by atoms with Gasteiger partial charge in [0.2, 0.25) is 5.69 Å². The lowest BCUT2D eigenvalue weighted by Crippen LogP contribution is -2.32. The maximum absolute atomic E-state index is 9.03. The summed E-state index contributed by atoms with van der Waals surface area (Å²) in [5.41, 5.74) is 1.04. The molecule has 0 aliphatic rings. The van der Waals surface area contributed by atoms with Gasteiger partial charge in [0.1, 0.15) is 19.6 Å². The number of fused-ring (bicyclic) bond motifs is 3. The molecular formula is C24H26NO+. The Morgan fingerprint density at radius 2 is 1.96 bits per heavy atom. The van der Waals surface area contributed by atoms with Crippen LogP contribution in [0, 0.1) is 20.7 Å². The highest BCUT2D eigenvalue weighted by Crippen LogP contribution is 2.36. The Kier molecular flexibility index (Phi) is 1.83. The van der Waals surface area contributed by atoms with Crippen molar-refractivity contribution in [2.45, 2.75) is 40.3 Å². The van der Waals surface area contributed by atoms with E-state index in [9.17, 15) is 0 Å². The molecule has 0 atom stereocenters. The van der Waals surface area contributed by atoms with E-state index in [1.165, 1.54) is 7.05 Å². The van der Waals surface area contributed by atoms with Gasteiger partial charge < -0.3 is 4.42 Å². The highest BCUT2D eigenvalue weighted by atomic mass is 16.3. The van der Waals surface area contributed by atoms with Crippen molar-refractivity contribution in [2.75, 3.05) is 0 Å². The minimum Gasteiger partial charge on any atom is -0.456 e. The molecule has 4 rings (SSSR count). The minimum atomic E-state index is -3.55. The number of hydrogen-bond acceptors (Lipinski definition) is 1. The van der Waals surface area contributed by atoms with Crippen LogP contribution in [-0.2, 0) is 7.05 Å². The number of benzene rings is 2. The summed E-state index contributed by atoms with van der Waals surface area (Å²) < 4.78 is 105. The van der Waals surface area contributed by atoms with Crippen LogP contribution in [0.15, 0.2) is 47.0 Å². The van der Waals surface area contributed by atoms with E-state index >= 15 is 0 Å². The number of hydrogen-bond donors (Lipinski definition) is 0. The van der Waals surface area contributed by atoms with Crippen molar-refractivity contribution in [1.29, 1.82) is 0 Å². The molecule has 0 unspecified atom stereocenters. The molecule has 0 spiro atoms. The summed E-state index contributed by atoms with van der Waals surface area (Å²) in [6.07, 6.45) is -0.705. The summed E-state index contributed by atoms with van der Waals surface area (Å²) in [5.74, 6) is -3.49. The molecule has 26 heavy (non-hydrogen) atoms. The van der Waals surface area contributed by atoms with Gasteiger partial charge in [-0.2, -0.15) is 0 Å². The Bertz CT molecular complexity index is 1580. The van der Waals surface area contributed by atoms with E-state index in [1.54, 1.807) is 19.1 Å². The third-order valence-corrected chi connectivity index (χ3v) is 4.66. The summed E-state index contributed by atoms with van der Waals surface area (Å²) in [4.78, 5) is 0. The highest BCUT2D eigenvalue weighted by Gasteiger charge is 2.20. The Hall–Kier alpha value is -2.61. The first-order valence-electron chi connectivity index (χ1n) is 14.2. The minimum absolute atomic E-state index is 0.0791. The monoisotopic (exact) mass is 356 g/mol. The molecule has 0 N–H and O–H groups in total. The Morgan fingerprint density at radius 1 is 1.15 bits per heavy atom. The zero-order valence-corrected chi connectivity index (χ0v) is 14.7. The van der Waals surface area contributed by atoms with Crippen molar-refractivity contribution in [1.82, 2.24) is 0 Å². The van der Waals surface area contributed by atoms with Gasteiger partial charge in [0.05, 0.1) is 1.37 Å². The molecule has 0 saturated heterocycles. The van der Waals surface area contributed by atoms with Crippen molar-refractivity contribution in [3.8, 4) is 11.3 Å². The lowest BCUT2D eigenvalue weighted by Gasteiger charge is -2.12. The van der Waals surface area contributed by atoms with Crippen LogP contribution in [0.25, 0.3) is 33.2 Å². The fraction of sp³-hybridized carbons (Fsp3) is 0.292. The smallest absolute Gasteiger partial charge is 0.212 e. The van der Waals surface area contributed by atoms with E-state index < -0.39 is 49.8 Å². The molecule has 0 bridgehead atoms. The molecule has 0 aliphatic heterocycles. The topological polar surface area (TPSA) is 17.0 Å². The molecule has 132 valence electrons. The van der Waals surface area contributed by atoms with Crippen molar-refractivity contribution in [3.05, 3.63) is 64.8 Å². The Balaban J connectivity index is 2.23. The fourth-order valence-corrected chi connectivity index (χ4v) is 3.39. The third-order valence-electron chi connectivity index (χ3n) is 4.66. The zero-order valence-electron chi connectivity index (χ0n) is 26.7. The standard InChI is InChI=1S/C24H26NO/c1-14(2)19-12-21(25(6)13-16(19)4)18-8-10-23-24(17(18)5)20-11-15(3)7-9-22(20)26-23/h7-14H,1-6H3/q+1/i1D3,2D3,4D3,12D,13D,14D. The van der Waals surface area contributed by atoms with E-state index in [1.807, 2.05) is 25.1 Å². The molecule has 0 fully saturated rings. The first-order chi connectivity index (χ1) is 17.2. The molecule has 2 heteroatoms. The molecule has 0 saturated carbocycles. The molecule has 2 heterocycles. The maximum atomic E-state index is 9.03. The van der Waals surface area contributed by atoms with Crippen LogP contribution in [0.4, 0.5) is 0 Å². The van der Waals surface area contributed by atoms with Gasteiger partial charge in [-0.05, 0) is 62.0 Å². The van der Waals surface area contributed by atoms with Crippen LogP contribution in [-0.4, -0.2) is 0 Å². The number of aryl methyl sites for hydroxylation is 2. The molecule has 2 aromatic carbocycles. The third kappa shape index (κ3) is 2.52. The quantitative estimate of drug-likeness (QED) is 0.395. The summed E-state index contributed by atoms with van der Waals surface area (Å²) in [7, 11) is 1.35. The highest BCUT2D eigenvalue weighted by molar-refractivity contribution is 6.08. The SMILES string of the molecule is [2H]c1c(C([2H])(C([2H])([2H])[2H])C([2H])([2H])[2H])c(C([2H])([2H])[2H])c([2H])[n+](C)c1-c1ccc2oc3ccc(C)cc3c2c1C. The van der Waals surface area contributed by atoms with Gasteiger partial charge in [-0.1, -0.05) is 25.3 Å². The fourth-order valence-electron chi connectivity index (χ4n) is 3.39. The van der Waals surface area contributed by atoms with Gasteiger partial charge in [-0.15, -0.1) is 0 Å². The maximum Gasteiger partial charge on any atom is 0.212 e. The van der Waals surface area contributed by atoms with Crippen LogP contribution in [0.2, 0.25) is 0 Å². The molecule has 0 radical (unpaired) electrons. The number of aromatic nitrogens is 1. The van der Waals surface area contributed by atoms with Crippen LogP contribution < -0.4 is 4.57 Å². The molecule has 2 nitrogen and oxygen atoms in total. The van der Waals surface area contributed by atoms with Crippen LogP contribution in [0.5, 0.6) is 0 Å². The van der Waals surface area contributed by atoms with Gasteiger partial charge in [-0.25, -0.2) is 4.57 Å². The number of furan rings is 1. The van der Waals surface area contributed by atoms with E-state index in [2.05, 4.69) is 0 Å². The van der Waals surface area contributed by atoms with Gasteiger partial charge >= 0.3 is 0 Å². The predicted octanol–water partition coefficient (Wildman–Crippen LogP) is 6.13. The van der Waals surface area contributed by atoms with Crippen LogP contribution in [0.1, 0.15) is 58.3 Å². The van der Waals surface area contributed by atoms with E-state index in [-0.39, 0.29) is 5.69 Å². The average Bonchev–Trinajstić information content (AvgIpc) is 3.13. The normalized spacial score (nSPS) is 20.4. The van der Waals surface area contributed by atoms with Crippen molar-refractivity contribution in [3.63, 3.8) is 0 Å². The summed E-state index contributed by atoms with van der Waals surface area (Å²) in [5, 5.41) is 1.50. The molecule has 4 aromatic rings. The predicted molar refractivity (Wildman–Crippen MR) is 109 cm³/mol. The molecule has 0 amide bonds. The molecular weight excluding hydrogens is 318 g/mol. The Morgan fingerprint density at radius 3 is 2.73 bits per heavy atom. The van der Waals surface area contributed by atoms with Gasteiger partial charge in [-0.3, -0.25) is 0 Å². The first kappa shape index (κ1) is 7.96. The summed E-state index contributed by atoms with van der Waals surface area (Å²) >= 11 is 0. The number of pyridine rings is 1. The van der Waals surface area contributed by atoms with Crippen LogP contribution in [0.3, 0.4) is 0 Å². The van der Waals surface area contributed by atoms with Crippen molar-refractivity contribution in [2.24, 2.45) is 7.05 Å². The van der Waals surface area contributed by atoms with E-state index in [0.29, 0.717) is 27.7 Å². The van der Waals surface area contributed by atoms with Crippen LogP contribution >= 0.6 is 0 Å². The molecule has 2 aromatic heterocycles. The molecule has 0 aliphatic carbocycles.